The smallest absolute Gasteiger partial charge is 0.325 e. The molecule has 2 unspecified atom stereocenters. The second-order valence-corrected chi connectivity index (χ2v) is 3.89. The van der Waals surface area contributed by atoms with E-state index in [1.807, 2.05) is 0 Å². The van der Waals surface area contributed by atoms with Crippen LogP contribution in [0.1, 0.15) is 19.8 Å². The zero-order valence-electron chi connectivity index (χ0n) is 8.50. The van der Waals surface area contributed by atoms with Gasteiger partial charge in [-0.05, 0) is 19.8 Å². The van der Waals surface area contributed by atoms with Crippen LogP contribution >= 0.6 is 0 Å². The van der Waals surface area contributed by atoms with Gasteiger partial charge >= 0.3 is 5.97 Å². The number of rotatable bonds is 3. The summed E-state index contributed by atoms with van der Waals surface area (Å²) in [6.07, 6.45) is 1.08. The first-order valence-electron chi connectivity index (χ1n) is 4.62. The standard InChI is InChI=1S/C9H16N2O3/c1-9(10,8(13)14-2)5-6-3-4-11-7(6)12/h6H,3-5,10H2,1-2H3,(H,11,12). The molecular formula is C9H16N2O3. The summed E-state index contributed by atoms with van der Waals surface area (Å²) in [5.74, 6) is -0.660. The van der Waals surface area contributed by atoms with E-state index >= 15 is 0 Å². The highest BCUT2D eigenvalue weighted by atomic mass is 16.5. The van der Waals surface area contributed by atoms with E-state index in [-0.39, 0.29) is 11.8 Å². The number of hydrogen-bond acceptors (Lipinski definition) is 4. The lowest BCUT2D eigenvalue weighted by Gasteiger charge is -2.23. The molecule has 80 valence electrons. The van der Waals surface area contributed by atoms with Gasteiger partial charge in [-0.1, -0.05) is 0 Å². The van der Waals surface area contributed by atoms with Gasteiger partial charge in [0.05, 0.1) is 7.11 Å². The molecule has 0 saturated carbocycles. The second-order valence-electron chi connectivity index (χ2n) is 3.89. The maximum Gasteiger partial charge on any atom is 0.325 e. The Morgan fingerprint density at radius 2 is 2.43 bits per heavy atom. The Labute approximate surface area is 83.0 Å². The molecule has 14 heavy (non-hydrogen) atoms. The van der Waals surface area contributed by atoms with Gasteiger partial charge in [-0.3, -0.25) is 9.59 Å². The minimum absolute atomic E-state index is 0.0226. The Bertz CT molecular complexity index is 250. The molecule has 5 nitrogen and oxygen atoms in total. The molecule has 0 aromatic heterocycles. The Morgan fingerprint density at radius 1 is 1.79 bits per heavy atom. The van der Waals surface area contributed by atoms with Crippen LogP contribution in [-0.2, 0) is 14.3 Å². The van der Waals surface area contributed by atoms with Gasteiger partial charge in [-0.15, -0.1) is 0 Å². The van der Waals surface area contributed by atoms with Crippen LogP contribution < -0.4 is 11.1 Å². The maximum absolute atomic E-state index is 11.2. The van der Waals surface area contributed by atoms with Gasteiger partial charge in [0.1, 0.15) is 5.54 Å². The topological polar surface area (TPSA) is 81.4 Å². The zero-order chi connectivity index (χ0) is 10.8. The van der Waals surface area contributed by atoms with Crippen LogP contribution in [0.25, 0.3) is 0 Å². The molecule has 3 N–H and O–H groups in total. The van der Waals surface area contributed by atoms with Crippen molar-refractivity contribution in [3.63, 3.8) is 0 Å². The van der Waals surface area contributed by atoms with E-state index in [1.165, 1.54) is 7.11 Å². The van der Waals surface area contributed by atoms with Gasteiger partial charge < -0.3 is 15.8 Å². The van der Waals surface area contributed by atoms with Gasteiger partial charge in [0.15, 0.2) is 0 Å². The predicted molar refractivity (Wildman–Crippen MR) is 50.3 cm³/mol. The SMILES string of the molecule is COC(=O)C(C)(N)CC1CCNC1=O. The third kappa shape index (κ3) is 2.23. The third-order valence-corrected chi connectivity index (χ3v) is 2.48. The molecule has 0 aromatic carbocycles. The molecule has 1 rings (SSSR count). The van der Waals surface area contributed by atoms with Crippen molar-refractivity contribution in [1.82, 2.24) is 5.32 Å². The zero-order valence-corrected chi connectivity index (χ0v) is 8.50. The number of esters is 1. The molecule has 1 amide bonds. The van der Waals surface area contributed by atoms with Crippen molar-refractivity contribution in [3.05, 3.63) is 0 Å². The fraction of sp³-hybridized carbons (Fsp3) is 0.778. The van der Waals surface area contributed by atoms with Crippen LogP contribution in [0.2, 0.25) is 0 Å². The Hall–Kier alpha value is -1.10. The molecule has 1 fully saturated rings. The molecule has 0 spiro atoms. The molecular weight excluding hydrogens is 184 g/mol. The van der Waals surface area contributed by atoms with Crippen molar-refractivity contribution in [3.8, 4) is 0 Å². The summed E-state index contributed by atoms with van der Waals surface area (Å²) >= 11 is 0. The minimum Gasteiger partial charge on any atom is -0.468 e. The highest BCUT2D eigenvalue weighted by Gasteiger charge is 2.36. The van der Waals surface area contributed by atoms with E-state index in [0.717, 1.165) is 6.42 Å². The first-order chi connectivity index (χ1) is 6.47. The van der Waals surface area contributed by atoms with Crippen LogP contribution in [0.4, 0.5) is 0 Å². The molecule has 0 bridgehead atoms. The average Bonchev–Trinajstić information content (AvgIpc) is 2.50. The van der Waals surface area contributed by atoms with Crippen LogP contribution in [0.5, 0.6) is 0 Å². The van der Waals surface area contributed by atoms with Crippen LogP contribution in [-0.4, -0.2) is 31.1 Å². The molecule has 2 atom stereocenters. The van der Waals surface area contributed by atoms with Crippen molar-refractivity contribution >= 4 is 11.9 Å². The fourth-order valence-electron chi connectivity index (χ4n) is 1.67. The van der Waals surface area contributed by atoms with Gasteiger partial charge in [0.25, 0.3) is 0 Å². The van der Waals surface area contributed by atoms with E-state index in [9.17, 15) is 9.59 Å². The maximum atomic E-state index is 11.2. The lowest BCUT2D eigenvalue weighted by atomic mass is 9.89. The molecule has 1 aliphatic heterocycles. The van der Waals surface area contributed by atoms with Crippen molar-refractivity contribution in [2.75, 3.05) is 13.7 Å². The van der Waals surface area contributed by atoms with Crippen molar-refractivity contribution < 1.29 is 14.3 Å². The Kier molecular flexibility index (Phi) is 3.10. The van der Waals surface area contributed by atoms with Crippen molar-refractivity contribution in [2.45, 2.75) is 25.3 Å². The van der Waals surface area contributed by atoms with Gasteiger partial charge in [-0.2, -0.15) is 0 Å². The Morgan fingerprint density at radius 3 is 2.86 bits per heavy atom. The molecule has 0 radical (unpaired) electrons. The number of carbonyl (C=O) groups excluding carboxylic acids is 2. The first-order valence-corrected chi connectivity index (χ1v) is 4.62. The van der Waals surface area contributed by atoms with E-state index in [1.54, 1.807) is 6.92 Å². The number of nitrogens with two attached hydrogens (primary N) is 1. The van der Waals surface area contributed by atoms with Crippen LogP contribution in [0.3, 0.4) is 0 Å². The molecule has 1 aliphatic rings. The summed E-state index contributed by atoms with van der Waals surface area (Å²) in [5, 5.41) is 2.70. The van der Waals surface area contributed by atoms with Gasteiger partial charge in [-0.25, -0.2) is 0 Å². The van der Waals surface area contributed by atoms with Crippen molar-refractivity contribution in [1.29, 1.82) is 0 Å². The van der Waals surface area contributed by atoms with Crippen molar-refractivity contribution in [2.24, 2.45) is 11.7 Å². The number of nitrogens with one attached hydrogen (secondary N) is 1. The van der Waals surface area contributed by atoms with E-state index in [0.29, 0.717) is 13.0 Å². The number of carbonyl (C=O) groups is 2. The summed E-state index contributed by atoms with van der Waals surface area (Å²) in [5.41, 5.74) is 4.69. The van der Waals surface area contributed by atoms with E-state index in [2.05, 4.69) is 10.1 Å². The molecule has 0 aliphatic carbocycles. The molecule has 1 saturated heterocycles. The van der Waals surface area contributed by atoms with Gasteiger partial charge in [0.2, 0.25) is 5.91 Å². The lowest BCUT2D eigenvalue weighted by Crippen LogP contribution is -2.48. The molecule has 1 heterocycles. The average molecular weight is 200 g/mol. The molecule has 0 aromatic rings. The fourth-order valence-corrected chi connectivity index (χ4v) is 1.67. The summed E-state index contributed by atoms with van der Waals surface area (Å²) < 4.78 is 4.56. The second kappa shape index (κ2) is 3.96. The van der Waals surface area contributed by atoms with Crippen LogP contribution in [0, 0.1) is 5.92 Å². The third-order valence-electron chi connectivity index (χ3n) is 2.48. The summed E-state index contributed by atoms with van der Waals surface area (Å²) in [4.78, 5) is 22.5. The highest BCUT2D eigenvalue weighted by Crippen LogP contribution is 2.21. The largest absolute Gasteiger partial charge is 0.468 e. The number of ether oxygens (including phenoxy) is 1. The van der Waals surface area contributed by atoms with Gasteiger partial charge in [0, 0.05) is 12.5 Å². The quantitative estimate of drug-likeness (QED) is 0.596. The normalized spacial score (nSPS) is 25.4. The lowest BCUT2D eigenvalue weighted by molar-refractivity contribution is -0.147. The van der Waals surface area contributed by atoms with E-state index < -0.39 is 11.5 Å². The summed E-state index contributed by atoms with van der Waals surface area (Å²) in [6.45, 7) is 2.26. The van der Waals surface area contributed by atoms with Crippen LogP contribution in [0.15, 0.2) is 0 Å². The Balaban J connectivity index is 2.58. The van der Waals surface area contributed by atoms with E-state index in [4.69, 9.17) is 5.73 Å². The predicted octanol–water partition coefficient (Wildman–Crippen LogP) is -0.597. The number of amides is 1. The highest BCUT2D eigenvalue weighted by molar-refractivity contribution is 5.84. The monoisotopic (exact) mass is 200 g/mol. The first kappa shape index (κ1) is 11.0. The minimum atomic E-state index is -1.07. The number of hydrogen-bond donors (Lipinski definition) is 2. The number of methoxy groups -OCH3 is 1. The molecule has 5 heteroatoms. The summed E-state index contributed by atoms with van der Waals surface area (Å²) in [7, 11) is 1.29. The summed E-state index contributed by atoms with van der Waals surface area (Å²) in [6, 6.07) is 0.